The quantitative estimate of drug-likeness (QED) is 0.102. The minimum Gasteiger partial charge on any atom is -0.480 e. The molecule has 12 nitrogen and oxygen atoms in total. The van der Waals surface area contributed by atoms with Crippen molar-refractivity contribution >= 4 is 24.4 Å². The van der Waals surface area contributed by atoms with E-state index in [-0.39, 0.29) is 43.2 Å². The maximum Gasteiger partial charge on any atom is 0.513 e. The van der Waals surface area contributed by atoms with Gasteiger partial charge in [0.2, 0.25) is 0 Å². The topological polar surface area (TPSA) is 170 Å². The van der Waals surface area contributed by atoms with Crippen molar-refractivity contribution in [3.05, 3.63) is 23.8 Å². The maximum absolute atomic E-state index is 12.4. The molecule has 1 aromatic rings. The van der Waals surface area contributed by atoms with Crippen molar-refractivity contribution in [2.75, 3.05) is 19.8 Å². The summed E-state index contributed by atoms with van der Waals surface area (Å²) in [5.74, 6) is -3.12. The summed E-state index contributed by atoms with van der Waals surface area (Å²) in [5.41, 5.74) is 6.41. The van der Waals surface area contributed by atoms with Crippen LogP contribution in [0.1, 0.15) is 79.2 Å². The number of benzene rings is 1. The Labute approximate surface area is 241 Å². The average Bonchev–Trinajstić information content (AvgIpc) is 2.90. The molecule has 0 radical (unpaired) electrons. The Bertz CT molecular complexity index is 995. The van der Waals surface area contributed by atoms with Gasteiger partial charge in [0.25, 0.3) is 0 Å². The lowest BCUT2D eigenvalue weighted by atomic mass is 9.79. The highest BCUT2D eigenvalue weighted by atomic mass is 16.7. The Morgan fingerprint density at radius 2 is 1.37 bits per heavy atom. The molecule has 0 aromatic heterocycles. The molecule has 1 aromatic carbocycles. The fraction of sp³-hybridized carbons (Fsp3) is 0.655. The van der Waals surface area contributed by atoms with Gasteiger partial charge in [-0.1, -0.05) is 60.5 Å². The SMILES string of the molecule is CCCCCOC(=O)OC(C)C(C)C(c1ccc(OC(=O)OCC(C)C)c(OC(=O)OCC(C)C)c1)[C@H](N)C(=O)O. The van der Waals surface area contributed by atoms with E-state index in [0.29, 0.717) is 12.0 Å². The zero-order valence-electron chi connectivity index (χ0n) is 25.0. The number of nitrogens with two attached hydrogens (primary N) is 1. The van der Waals surface area contributed by atoms with Crippen molar-refractivity contribution in [1.82, 2.24) is 0 Å². The fourth-order valence-corrected chi connectivity index (χ4v) is 3.69. The van der Waals surface area contributed by atoms with E-state index in [0.717, 1.165) is 12.8 Å². The lowest BCUT2D eigenvalue weighted by molar-refractivity contribution is -0.139. The first kappa shape index (κ1) is 35.5. The molecule has 12 heteroatoms. The Hall–Kier alpha value is -3.54. The van der Waals surface area contributed by atoms with Crippen molar-refractivity contribution in [3.63, 3.8) is 0 Å². The third kappa shape index (κ3) is 13.1. The predicted molar refractivity (Wildman–Crippen MR) is 149 cm³/mol. The van der Waals surface area contributed by atoms with E-state index in [2.05, 4.69) is 0 Å². The monoisotopic (exact) mass is 583 g/mol. The van der Waals surface area contributed by atoms with Gasteiger partial charge in [-0.3, -0.25) is 4.79 Å². The Morgan fingerprint density at radius 3 is 1.88 bits per heavy atom. The van der Waals surface area contributed by atoms with Gasteiger partial charge in [-0.2, -0.15) is 0 Å². The minimum absolute atomic E-state index is 0.0363. The third-order valence-electron chi connectivity index (χ3n) is 6.04. The van der Waals surface area contributed by atoms with E-state index in [9.17, 15) is 24.3 Å². The van der Waals surface area contributed by atoms with Crippen LogP contribution in [-0.4, -0.2) is 61.5 Å². The third-order valence-corrected chi connectivity index (χ3v) is 6.04. The number of carboxylic acids is 1. The van der Waals surface area contributed by atoms with Gasteiger partial charge in [-0.05, 0) is 42.9 Å². The van der Waals surface area contributed by atoms with Crippen LogP contribution in [0.15, 0.2) is 18.2 Å². The first-order chi connectivity index (χ1) is 19.3. The predicted octanol–water partition coefficient (Wildman–Crippen LogP) is 5.89. The molecule has 3 unspecified atom stereocenters. The molecule has 1 rings (SSSR count). The fourth-order valence-electron chi connectivity index (χ4n) is 3.69. The van der Waals surface area contributed by atoms with E-state index in [4.69, 9.17) is 34.2 Å². The molecule has 0 bridgehead atoms. The summed E-state index contributed by atoms with van der Waals surface area (Å²) in [6, 6.07) is 2.72. The second kappa shape index (κ2) is 18.0. The molecule has 0 aliphatic carbocycles. The van der Waals surface area contributed by atoms with Gasteiger partial charge in [-0.15, -0.1) is 0 Å². The normalized spacial score (nSPS) is 14.0. The molecule has 0 aliphatic heterocycles. The van der Waals surface area contributed by atoms with Gasteiger partial charge in [0, 0.05) is 11.8 Å². The van der Waals surface area contributed by atoms with Crippen molar-refractivity contribution in [1.29, 1.82) is 0 Å². The lowest BCUT2D eigenvalue weighted by Crippen LogP contribution is -2.42. The zero-order valence-corrected chi connectivity index (χ0v) is 25.0. The largest absolute Gasteiger partial charge is 0.513 e. The van der Waals surface area contributed by atoms with Crippen LogP contribution in [0.2, 0.25) is 0 Å². The maximum atomic E-state index is 12.4. The Kier molecular flexibility index (Phi) is 15.6. The molecule has 0 saturated carbocycles. The molecule has 0 heterocycles. The summed E-state index contributed by atoms with van der Waals surface area (Å²) in [6.07, 6.45) is -1.17. The summed E-state index contributed by atoms with van der Waals surface area (Å²) < 4.78 is 31.2. The van der Waals surface area contributed by atoms with E-state index in [1.165, 1.54) is 18.2 Å². The van der Waals surface area contributed by atoms with E-state index < -0.39 is 48.4 Å². The van der Waals surface area contributed by atoms with Crippen molar-refractivity contribution in [3.8, 4) is 11.5 Å². The summed E-state index contributed by atoms with van der Waals surface area (Å²) in [6.45, 7) is 13.1. The Balaban J connectivity index is 3.31. The van der Waals surface area contributed by atoms with Crippen LogP contribution in [0.3, 0.4) is 0 Å². The van der Waals surface area contributed by atoms with Crippen LogP contribution in [0.25, 0.3) is 0 Å². The standard InChI is InChI=1S/C29H45NO11/c1-8-9-10-13-36-27(33)39-20(7)19(6)24(25(30)26(31)32)21-11-12-22(40-28(34)37-15-17(2)3)23(14-21)41-29(35)38-16-18(4)5/h11-12,14,17-20,24-25H,8-10,13,15-16,30H2,1-7H3,(H,31,32)/t19?,20?,24?,25-/m0/s1. The van der Waals surface area contributed by atoms with Crippen molar-refractivity contribution in [2.24, 2.45) is 23.5 Å². The number of carbonyl (C=O) groups is 4. The Morgan fingerprint density at radius 1 is 0.805 bits per heavy atom. The molecule has 3 N–H and O–H groups in total. The highest BCUT2D eigenvalue weighted by Crippen LogP contribution is 2.37. The van der Waals surface area contributed by atoms with Crippen LogP contribution >= 0.6 is 0 Å². The van der Waals surface area contributed by atoms with E-state index in [1.807, 2.05) is 34.6 Å². The van der Waals surface area contributed by atoms with Crippen LogP contribution in [0, 0.1) is 17.8 Å². The van der Waals surface area contributed by atoms with Crippen LogP contribution in [0.5, 0.6) is 11.5 Å². The number of unbranched alkanes of at least 4 members (excludes halogenated alkanes) is 2. The minimum atomic E-state index is -1.43. The summed E-state index contributed by atoms with van der Waals surface area (Å²) in [4.78, 5) is 48.8. The highest BCUT2D eigenvalue weighted by Gasteiger charge is 2.36. The number of hydrogen-bond acceptors (Lipinski definition) is 11. The van der Waals surface area contributed by atoms with Gasteiger partial charge < -0.3 is 39.3 Å². The van der Waals surface area contributed by atoms with E-state index in [1.54, 1.807) is 13.8 Å². The van der Waals surface area contributed by atoms with Gasteiger partial charge in [0.15, 0.2) is 11.5 Å². The highest BCUT2D eigenvalue weighted by molar-refractivity contribution is 5.75. The number of ether oxygens (including phenoxy) is 6. The second-order valence-electron chi connectivity index (χ2n) is 10.7. The number of carboxylic acid groups (broad SMARTS) is 1. The van der Waals surface area contributed by atoms with Gasteiger partial charge in [-0.25, -0.2) is 14.4 Å². The first-order valence-electron chi connectivity index (χ1n) is 13.9. The summed E-state index contributed by atoms with van der Waals surface area (Å²) in [7, 11) is 0. The molecule has 41 heavy (non-hydrogen) atoms. The number of rotatable bonds is 16. The first-order valence-corrected chi connectivity index (χ1v) is 13.9. The molecule has 232 valence electrons. The zero-order chi connectivity index (χ0) is 31.1. The van der Waals surface area contributed by atoms with Crippen LogP contribution in [-0.2, 0) is 23.7 Å². The van der Waals surface area contributed by atoms with Crippen molar-refractivity contribution < 1.29 is 52.7 Å². The van der Waals surface area contributed by atoms with Crippen LogP contribution in [0.4, 0.5) is 14.4 Å². The molecule has 0 saturated heterocycles. The molecule has 0 spiro atoms. The molecular formula is C29H45NO11. The second-order valence-corrected chi connectivity index (χ2v) is 10.7. The van der Waals surface area contributed by atoms with Gasteiger partial charge in [0.05, 0.1) is 19.8 Å². The number of carbonyl (C=O) groups excluding carboxylic acids is 3. The average molecular weight is 584 g/mol. The van der Waals surface area contributed by atoms with Gasteiger partial charge >= 0.3 is 24.4 Å². The van der Waals surface area contributed by atoms with Gasteiger partial charge in [0.1, 0.15) is 12.1 Å². The van der Waals surface area contributed by atoms with Crippen LogP contribution < -0.4 is 15.2 Å². The summed E-state index contributed by atoms with van der Waals surface area (Å²) in [5, 5.41) is 9.76. The number of hydrogen-bond donors (Lipinski definition) is 2. The number of aliphatic carboxylic acids is 1. The molecule has 0 fully saturated rings. The smallest absolute Gasteiger partial charge is 0.480 e. The molecule has 0 aliphatic rings. The summed E-state index contributed by atoms with van der Waals surface area (Å²) >= 11 is 0. The van der Waals surface area contributed by atoms with E-state index >= 15 is 0 Å². The molecule has 0 amide bonds. The lowest BCUT2D eigenvalue weighted by Gasteiger charge is -2.31. The van der Waals surface area contributed by atoms with Crippen molar-refractivity contribution in [2.45, 2.75) is 85.8 Å². The molecular weight excluding hydrogens is 538 g/mol. The molecule has 4 atom stereocenters.